The molecule has 3 heterocycles. The van der Waals surface area contributed by atoms with Crippen LogP contribution in [0.4, 0.5) is 5.95 Å². The van der Waals surface area contributed by atoms with Gasteiger partial charge < -0.3 is 10.2 Å². The summed E-state index contributed by atoms with van der Waals surface area (Å²) in [5.41, 5.74) is 3.87. The van der Waals surface area contributed by atoms with Crippen LogP contribution in [0.15, 0.2) is 12.3 Å². The van der Waals surface area contributed by atoms with Gasteiger partial charge in [0.1, 0.15) is 11.5 Å². The SMILES string of the molecule is Cn1nc(-c2ccnc(N3CCCNCC3)n2)c2c1C1(CCCCC1=O)CC2. The van der Waals surface area contributed by atoms with E-state index < -0.39 is 0 Å². The van der Waals surface area contributed by atoms with Gasteiger partial charge in [0.2, 0.25) is 5.95 Å². The number of aromatic nitrogens is 4. The van der Waals surface area contributed by atoms with Crippen molar-refractivity contribution in [3.8, 4) is 11.4 Å². The maximum absolute atomic E-state index is 12.9. The van der Waals surface area contributed by atoms with Crippen molar-refractivity contribution in [3.05, 3.63) is 23.5 Å². The van der Waals surface area contributed by atoms with Gasteiger partial charge in [-0.15, -0.1) is 0 Å². The van der Waals surface area contributed by atoms with Gasteiger partial charge in [-0.05, 0) is 44.7 Å². The highest BCUT2D eigenvalue weighted by atomic mass is 16.1. The fraction of sp³-hybridized carbons (Fsp3) is 0.619. The van der Waals surface area contributed by atoms with Crippen LogP contribution in [0.2, 0.25) is 0 Å². The lowest BCUT2D eigenvalue weighted by Crippen LogP contribution is -2.38. The molecule has 2 aromatic rings. The molecule has 3 aliphatic rings. The van der Waals surface area contributed by atoms with E-state index in [2.05, 4.69) is 15.2 Å². The number of anilines is 1. The zero-order chi connectivity index (χ0) is 19.1. The number of rotatable bonds is 2. The molecule has 1 saturated carbocycles. The predicted octanol–water partition coefficient (Wildman–Crippen LogP) is 2.00. The Labute approximate surface area is 165 Å². The normalized spacial score (nSPS) is 25.2. The minimum Gasteiger partial charge on any atom is -0.339 e. The minimum absolute atomic E-state index is 0.306. The van der Waals surface area contributed by atoms with E-state index in [1.807, 2.05) is 24.0 Å². The molecule has 7 heteroatoms. The smallest absolute Gasteiger partial charge is 0.225 e. The molecule has 2 fully saturated rings. The molecule has 1 saturated heterocycles. The van der Waals surface area contributed by atoms with E-state index in [0.717, 1.165) is 87.7 Å². The Morgan fingerprint density at radius 3 is 2.93 bits per heavy atom. The summed E-state index contributed by atoms with van der Waals surface area (Å²) in [4.78, 5) is 24.5. The number of nitrogens with one attached hydrogen (secondary N) is 1. The van der Waals surface area contributed by atoms with Crippen LogP contribution in [0, 0.1) is 0 Å². The summed E-state index contributed by atoms with van der Waals surface area (Å²) in [6, 6.07) is 1.95. The highest BCUT2D eigenvalue weighted by molar-refractivity contribution is 5.92. The Balaban J connectivity index is 1.53. The fourth-order valence-corrected chi connectivity index (χ4v) is 5.35. The van der Waals surface area contributed by atoms with Crippen LogP contribution in [0.3, 0.4) is 0 Å². The molecule has 1 atom stereocenters. The standard InChI is InChI=1S/C21H28N6O/c1-26-19-15(6-9-21(19)8-3-2-5-17(21)28)18(25-26)16-7-11-23-20(24-16)27-13-4-10-22-12-14-27/h7,11,22H,2-6,8-10,12-14H2,1H3. The number of fused-ring (bicyclic) bond motifs is 2. The second-order valence-electron chi connectivity index (χ2n) is 8.34. The first-order valence-corrected chi connectivity index (χ1v) is 10.6. The molecular weight excluding hydrogens is 352 g/mol. The van der Waals surface area contributed by atoms with Gasteiger partial charge in [-0.25, -0.2) is 9.97 Å². The molecule has 28 heavy (non-hydrogen) atoms. The van der Waals surface area contributed by atoms with Gasteiger partial charge >= 0.3 is 0 Å². The highest BCUT2D eigenvalue weighted by Crippen LogP contribution is 2.48. The zero-order valence-electron chi connectivity index (χ0n) is 16.6. The molecule has 1 unspecified atom stereocenters. The Kier molecular flexibility index (Phi) is 4.42. The second kappa shape index (κ2) is 6.95. The van der Waals surface area contributed by atoms with E-state index in [9.17, 15) is 4.79 Å². The number of carbonyl (C=O) groups is 1. The molecule has 0 amide bonds. The molecule has 2 aromatic heterocycles. The second-order valence-corrected chi connectivity index (χ2v) is 8.34. The average Bonchev–Trinajstić information content (AvgIpc) is 3.11. The largest absolute Gasteiger partial charge is 0.339 e. The maximum Gasteiger partial charge on any atom is 0.225 e. The molecule has 0 bridgehead atoms. The number of nitrogens with zero attached hydrogens (tertiary/aromatic N) is 5. The van der Waals surface area contributed by atoms with Gasteiger partial charge in [-0.3, -0.25) is 9.48 Å². The molecule has 2 aliphatic carbocycles. The van der Waals surface area contributed by atoms with Gasteiger partial charge in [-0.2, -0.15) is 5.10 Å². The minimum atomic E-state index is -0.306. The Bertz CT molecular complexity index is 898. The quantitative estimate of drug-likeness (QED) is 0.859. The summed E-state index contributed by atoms with van der Waals surface area (Å²) in [5, 5.41) is 8.26. The molecule has 1 spiro atoms. The number of aryl methyl sites for hydroxylation is 1. The van der Waals surface area contributed by atoms with Gasteiger partial charge in [0.05, 0.1) is 16.8 Å². The van der Waals surface area contributed by atoms with Gasteiger partial charge in [0, 0.05) is 44.9 Å². The Morgan fingerprint density at radius 2 is 2.04 bits per heavy atom. The van der Waals surface area contributed by atoms with Crippen LogP contribution in [0.5, 0.6) is 0 Å². The van der Waals surface area contributed by atoms with E-state index in [0.29, 0.717) is 12.2 Å². The molecule has 0 aromatic carbocycles. The van der Waals surface area contributed by atoms with E-state index in [1.54, 1.807) is 0 Å². The fourth-order valence-electron chi connectivity index (χ4n) is 5.35. The van der Waals surface area contributed by atoms with Crippen LogP contribution in [-0.4, -0.2) is 51.7 Å². The Hall–Kier alpha value is -2.28. The van der Waals surface area contributed by atoms with Crippen molar-refractivity contribution in [2.75, 3.05) is 31.1 Å². The third-order valence-electron chi connectivity index (χ3n) is 6.70. The van der Waals surface area contributed by atoms with Crippen molar-refractivity contribution in [1.82, 2.24) is 25.1 Å². The molecule has 1 aliphatic heterocycles. The molecule has 5 rings (SSSR count). The van der Waals surface area contributed by atoms with Crippen LogP contribution >= 0.6 is 0 Å². The molecule has 7 nitrogen and oxygen atoms in total. The number of ketones is 1. The van der Waals surface area contributed by atoms with E-state index in [4.69, 9.17) is 10.1 Å². The average molecular weight is 380 g/mol. The predicted molar refractivity (Wildman–Crippen MR) is 107 cm³/mol. The summed E-state index contributed by atoms with van der Waals surface area (Å²) in [5.74, 6) is 1.19. The first-order chi connectivity index (χ1) is 13.7. The third-order valence-corrected chi connectivity index (χ3v) is 6.70. The van der Waals surface area contributed by atoms with Crippen molar-refractivity contribution in [3.63, 3.8) is 0 Å². The van der Waals surface area contributed by atoms with E-state index in [-0.39, 0.29) is 5.41 Å². The van der Waals surface area contributed by atoms with Crippen LogP contribution in [-0.2, 0) is 23.7 Å². The molecule has 0 radical (unpaired) electrons. The van der Waals surface area contributed by atoms with Crippen LogP contribution in [0.25, 0.3) is 11.4 Å². The topological polar surface area (TPSA) is 75.9 Å². The zero-order valence-corrected chi connectivity index (χ0v) is 16.6. The van der Waals surface area contributed by atoms with Crippen molar-refractivity contribution < 1.29 is 4.79 Å². The number of carbonyl (C=O) groups excluding carboxylic acids is 1. The van der Waals surface area contributed by atoms with Crippen LogP contribution < -0.4 is 10.2 Å². The first kappa shape index (κ1) is 17.8. The first-order valence-electron chi connectivity index (χ1n) is 10.6. The van der Waals surface area contributed by atoms with Crippen LogP contribution in [0.1, 0.15) is 49.8 Å². The summed E-state index contributed by atoms with van der Waals surface area (Å²) in [6.45, 7) is 3.88. The molecule has 1 N–H and O–H groups in total. The van der Waals surface area contributed by atoms with Gasteiger partial charge in [0.15, 0.2) is 0 Å². The molecule has 148 valence electrons. The van der Waals surface area contributed by atoms with Crippen molar-refractivity contribution in [2.24, 2.45) is 7.05 Å². The van der Waals surface area contributed by atoms with Crippen molar-refractivity contribution in [1.29, 1.82) is 0 Å². The summed E-state index contributed by atoms with van der Waals surface area (Å²) < 4.78 is 1.96. The molecular formula is C21H28N6O. The monoisotopic (exact) mass is 380 g/mol. The summed E-state index contributed by atoms with van der Waals surface area (Å²) in [6.07, 6.45) is 8.61. The lowest BCUT2D eigenvalue weighted by atomic mass is 9.71. The van der Waals surface area contributed by atoms with Gasteiger partial charge in [-0.1, -0.05) is 6.42 Å². The van der Waals surface area contributed by atoms with E-state index >= 15 is 0 Å². The number of Topliss-reactive ketones (excluding diaryl/α,β-unsaturated/α-hetero) is 1. The number of hydrogen-bond acceptors (Lipinski definition) is 6. The summed E-state index contributed by atoms with van der Waals surface area (Å²) in [7, 11) is 1.99. The van der Waals surface area contributed by atoms with Crippen molar-refractivity contribution in [2.45, 2.75) is 50.4 Å². The highest BCUT2D eigenvalue weighted by Gasteiger charge is 2.49. The third kappa shape index (κ3) is 2.75. The number of hydrogen-bond donors (Lipinski definition) is 1. The van der Waals surface area contributed by atoms with Gasteiger partial charge in [0.25, 0.3) is 0 Å². The van der Waals surface area contributed by atoms with E-state index in [1.165, 1.54) is 5.56 Å². The maximum atomic E-state index is 12.9. The lowest BCUT2D eigenvalue weighted by Gasteiger charge is -2.32. The Morgan fingerprint density at radius 1 is 1.11 bits per heavy atom. The summed E-state index contributed by atoms with van der Waals surface area (Å²) >= 11 is 0. The van der Waals surface area contributed by atoms with Crippen molar-refractivity contribution >= 4 is 11.7 Å². The lowest BCUT2D eigenvalue weighted by molar-refractivity contribution is -0.126.